The number of likely N-dealkylation sites (N-methyl/N-ethyl adjacent to an activating group) is 2. The first kappa shape index (κ1) is 12.8. The molecule has 1 aliphatic rings. The maximum Gasteiger partial charge on any atom is 0.225 e. The molecule has 1 saturated heterocycles. The number of piperidine rings is 1. The monoisotopic (exact) mass is 298 g/mol. The Morgan fingerprint density at radius 3 is 2.76 bits per heavy atom. The van der Waals surface area contributed by atoms with Gasteiger partial charge in [0.15, 0.2) is 0 Å². The topological polar surface area (TPSA) is 32.3 Å². The number of nitrogens with zero attached hydrogens (tertiary/aromatic N) is 4. The zero-order valence-electron chi connectivity index (χ0n) is 10.4. The number of likely N-dealkylation sites (tertiary alicyclic amines) is 1. The van der Waals surface area contributed by atoms with Gasteiger partial charge in [0, 0.05) is 37.4 Å². The summed E-state index contributed by atoms with van der Waals surface area (Å²) in [6.07, 6.45) is 6.26. The maximum atomic E-state index is 4.42. The van der Waals surface area contributed by atoms with Gasteiger partial charge in [0.25, 0.3) is 0 Å². The quantitative estimate of drug-likeness (QED) is 0.798. The van der Waals surface area contributed by atoms with Crippen LogP contribution >= 0.6 is 15.9 Å². The number of anilines is 1. The van der Waals surface area contributed by atoms with E-state index in [1.165, 1.54) is 19.4 Å². The van der Waals surface area contributed by atoms with Crippen molar-refractivity contribution in [3.05, 3.63) is 18.0 Å². The van der Waals surface area contributed by atoms with Gasteiger partial charge >= 0.3 is 0 Å². The summed E-state index contributed by atoms with van der Waals surface area (Å²) in [4.78, 5) is 13.4. The fourth-order valence-electron chi connectivity index (χ4n) is 2.22. The van der Waals surface area contributed by atoms with E-state index in [0.717, 1.165) is 23.4 Å². The Morgan fingerprint density at radius 1 is 1.47 bits per heavy atom. The smallest absolute Gasteiger partial charge is 0.225 e. The molecular formula is C12H19BrN4. The van der Waals surface area contributed by atoms with Crippen LogP contribution in [-0.4, -0.2) is 48.1 Å². The molecule has 1 unspecified atom stereocenters. The highest BCUT2D eigenvalue weighted by Crippen LogP contribution is 2.17. The molecule has 0 aliphatic carbocycles. The normalized spacial score (nSPS) is 21.5. The lowest BCUT2D eigenvalue weighted by molar-refractivity contribution is 0.247. The van der Waals surface area contributed by atoms with Gasteiger partial charge in [-0.3, -0.25) is 0 Å². The van der Waals surface area contributed by atoms with Crippen LogP contribution < -0.4 is 4.90 Å². The summed E-state index contributed by atoms with van der Waals surface area (Å²) in [5.41, 5.74) is 1.11. The summed E-state index contributed by atoms with van der Waals surface area (Å²) in [5, 5.41) is 0.809. The van der Waals surface area contributed by atoms with Gasteiger partial charge in [-0.05, 0) is 32.0 Å². The van der Waals surface area contributed by atoms with Gasteiger partial charge in [0.1, 0.15) is 0 Å². The van der Waals surface area contributed by atoms with E-state index >= 15 is 0 Å². The molecule has 0 saturated carbocycles. The fourth-order valence-corrected chi connectivity index (χ4v) is 2.51. The Bertz CT molecular complexity index is 354. The van der Waals surface area contributed by atoms with Crippen molar-refractivity contribution in [3.63, 3.8) is 0 Å². The summed E-state index contributed by atoms with van der Waals surface area (Å²) < 4.78 is 0. The van der Waals surface area contributed by atoms with E-state index in [1.807, 2.05) is 12.4 Å². The zero-order chi connectivity index (χ0) is 12.3. The Hall–Kier alpha value is -0.680. The van der Waals surface area contributed by atoms with Crippen LogP contribution in [0.2, 0.25) is 0 Å². The van der Waals surface area contributed by atoms with E-state index in [-0.39, 0.29) is 0 Å². The second-order valence-electron chi connectivity index (χ2n) is 4.69. The third kappa shape index (κ3) is 3.16. The highest BCUT2D eigenvalue weighted by atomic mass is 79.9. The van der Waals surface area contributed by atoms with Crippen molar-refractivity contribution in [2.45, 2.75) is 24.2 Å². The molecule has 0 amide bonds. The van der Waals surface area contributed by atoms with E-state index in [1.54, 1.807) is 0 Å². The molecule has 4 nitrogen and oxygen atoms in total. The molecule has 94 valence electrons. The lowest BCUT2D eigenvalue weighted by Gasteiger charge is -2.35. The first-order chi connectivity index (χ1) is 8.20. The van der Waals surface area contributed by atoms with E-state index in [0.29, 0.717) is 6.04 Å². The van der Waals surface area contributed by atoms with Crippen LogP contribution in [0, 0.1) is 0 Å². The van der Waals surface area contributed by atoms with Gasteiger partial charge in [-0.1, -0.05) is 15.9 Å². The highest BCUT2D eigenvalue weighted by Gasteiger charge is 2.22. The molecule has 0 N–H and O–H groups in total. The molecule has 2 rings (SSSR count). The molecule has 5 heteroatoms. The third-order valence-corrected chi connectivity index (χ3v) is 3.96. The summed E-state index contributed by atoms with van der Waals surface area (Å²) >= 11 is 3.40. The maximum absolute atomic E-state index is 4.42. The van der Waals surface area contributed by atoms with Gasteiger partial charge in [-0.15, -0.1) is 0 Å². The van der Waals surface area contributed by atoms with Gasteiger partial charge in [-0.2, -0.15) is 0 Å². The molecule has 1 aromatic rings. The lowest BCUT2D eigenvalue weighted by Crippen LogP contribution is -2.45. The van der Waals surface area contributed by atoms with Crippen molar-refractivity contribution in [1.82, 2.24) is 14.9 Å². The molecule has 1 fully saturated rings. The molecule has 1 atom stereocenters. The number of hydrogen-bond acceptors (Lipinski definition) is 4. The largest absolute Gasteiger partial charge is 0.340 e. The minimum atomic E-state index is 0.531. The summed E-state index contributed by atoms with van der Waals surface area (Å²) in [7, 11) is 4.27. The first-order valence-electron chi connectivity index (χ1n) is 5.99. The lowest BCUT2D eigenvalue weighted by atomic mass is 10.1. The molecule has 0 aromatic carbocycles. The molecule has 1 aliphatic heterocycles. The van der Waals surface area contributed by atoms with Crippen molar-refractivity contribution in [2.24, 2.45) is 0 Å². The molecule has 2 heterocycles. The van der Waals surface area contributed by atoms with Crippen LogP contribution in [0.15, 0.2) is 12.4 Å². The van der Waals surface area contributed by atoms with Crippen molar-refractivity contribution in [2.75, 3.05) is 32.1 Å². The fraction of sp³-hybridized carbons (Fsp3) is 0.667. The zero-order valence-corrected chi connectivity index (χ0v) is 12.0. The van der Waals surface area contributed by atoms with Crippen molar-refractivity contribution in [3.8, 4) is 0 Å². The van der Waals surface area contributed by atoms with Crippen LogP contribution in [-0.2, 0) is 5.33 Å². The number of halogens is 1. The molecule has 0 bridgehead atoms. The van der Waals surface area contributed by atoms with Crippen LogP contribution in [0.1, 0.15) is 18.4 Å². The highest BCUT2D eigenvalue weighted by molar-refractivity contribution is 9.08. The Balaban J connectivity index is 2.04. The van der Waals surface area contributed by atoms with E-state index in [2.05, 4.69) is 49.8 Å². The van der Waals surface area contributed by atoms with E-state index < -0.39 is 0 Å². The van der Waals surface area contributed by atoms with Gasteiger partial charge in [-0.25, -0.2) is 9.97 Å². The Morgan fingerprint density at radius 2 is 2.18 bits per heavy atom. The predicted octanol–water partition coefficient (Wildman–Crippen LogP) is 1.90. The molecule has 1 aromatic heterocycles. The number of hydrogen-bond donors (Lipinski definition) is 0. The van der Waals surface area contributed by atoms with Crippen molar-refractivity contribution < 1.29 is 0 Å². The SMILES string of the molecule is CN1CCCC(N(C)c2ncc(CBr)cn2)C1. The minimum absolute atomic E-state index is 0.531. The van der Waals surface area contributed by atoms with Crippen LogP contribution in [0.25, 0.3) is 0 Å². The van der Waals surface area contributed by atoms with Gasteiger partial charge in [0.05, 0.1) is 0 Å². The summed E-state index contributed by atoms with van der Waals surface area (Å²) in [6, 6.07) is 0.531. The second-order valence-corrected chi connectivity index (χ2v) is 5.25. The van der Waals surface area contributed by atoms with E-state index in [4.69, 9.17) is 0 Å². The summed E-state index contributed by atoms with van der Waals surface area (Å²) in [5.74, 6) is 0.829. The van der Waals surface area contributed by atoms with Crippen LogP contribution in [0.3, 0.4) is 0 Å². The third-order valence-electron chi connectivity index (χ3n) is 3.31. The van der Waals surface area contributed by atoms with E-state index in [9.17, 15) is 0 Å². The average molecular weight is 299 g/mol. The first-order valence-corrected chi connectivity index (χ1v) is 7.11. The van der Waals surface area contributed by atoms with Crippen molar-refractivity contribution in [1.29, 1.82) is 0 Å². The predicted molar refractivity (Wildman–Crippen MR) is 73.6 cm³/mol. The second kappa shape index (κ2) is 5.78. The Kier molecular flexibility index (Phi) is 4.34. The molecular weight excluding hydrogens is 280 g/mol. The minimum Gasteiger partial charge on any atom is -0.340 e. The molecule has 17 heavy (non-hydrogen) atoms. The average Bonchev–Trinajstić information content (AvgIpc) is 2.38. The van der Waals surface area contributed by atoms with Crippen LogP contribution in [0.4, 0.5) is 5.95 Å². The number of alkyl halides is 1. The molecule has 0 spiro atoms. The van der Waals surface area contributed by atoms with Gasteiger partial charge in [0.2, 0.25) is 5.95 Å². The van der Waals surface area contributed by atoms with Crippen LogP contribution in [0.5, 0.6) is 0 Å². The Labute approximate surface area is 111 Å². The number of rotatable bonds is 3. The summed E-state index contributed by atoms with van der Waals surface area (Å²) in [6.45, 7) is 2.30. The van der Waals surface area contributed by atoms with Crippen molar-refractivity contribution >= 4 is 21.9 Å². The van der Waals surface area contributed by atoms with Gasteiger partial charge < -0.3 is 9.80 Å². The molecule has 0 radical (unpaired) electrons. The number of aromatic nitrogens is 2. The standard InChI is InChI=1S/C12H19BrN4/c1-16-5-3-4-11(9-16)17(2)12-14-7-10(6-13)8-15-12/h7-8,11H,3-6,9H2,1-2H3.